The van der Waals surface area contributed by atoms with Gasteiger partial charge in [0, 0.05) is 32.1 Å². The van der Waals surface area contributed by atoms with Gasteiger partial charge in [0.05, 0.1) is 0 Å². The molecular formula is C13H21N5O2. The Hall–Kier alpha value is -1.63. The molecule has 0 radical (unpaired) electrons. The number of hydrogen-bond donors (Lipinski definition) is 0. The van der Waals surface area contributed by atoms with E-state index in [1.807, 2.05) is 4.90 Å². The summed E-state index contributed by atoms with van der Waals surface area (Å²) in [6, 6.07) is 0. The highest BCUT2D eigenvalue weighted by atomic mass is 16.2. The highest BCUT2D eigenvalue weighted by Crippen LogP contribution is 2.38. The lowest BCUT2D eigenvalue weighted by atomic mass is 9.86. The van der Waals surface area contributed by atoms with Crippen LogP contribution in [0.4, 0.5) is 0 Å². The summed E-state index contributed by atoms with van der Waals surface area (Å²) < 4.78 is 2.61. The molecule has 2 fully saturated rings. The zero-order chi connectivity index (χ0) is 14.3. The molecule has 0 aromatic carbocycles. The van der Waals surface area contributed by atoms with Gasteiger partial charge < -0.3 is 9.80 Å². The number of aryl methyl sites for hydroxylation is 1. The van der Waals surface area contributed by atoms with Crippen molar-refractivity contribution in [3.63, 3.8) is 0 Å². The van der Waals surface area contributed by atoms with Crippen LogP contribution in [-0.2, 0) is 18.4 Å². The molecule has 1 atom stereocenters. The van der Waals surface area contributed by atoms with Gasteiger partial charge in [0.25, 0.3) is 0 Å². The molecule has 7 heteroatoms. The van der Waals surface area contributed by atoms with Gasteiger partial charge in [0.15, 0.2) is 0 Å². The van der Waals surface area contributed by atoms with E-state index in [1.54, 1.807) is 7.05 Å². The van der Waals surface area contributed by atoms with Gasteiger partial charge in [-0.1, -0.05) is 0 Å². The van der Waals surface area contributed by atoms with Crippen LogP contribution in [0.3, 0.4) is 0 Å². The molecule has 0 N–H and O–H groups in total. The number of hydrogen-bond acceptors (Lipinski definition) is 4. The minimum Gasteiger partial charge on any atom is -0.340 e. The molecule has 1 spiro atoms. The predicted molar refractivity (Wildman–Crippen MR) is 73.2 cm³/mol. The number of carbonyl (C=O) groups is 1. The molecule has 1 amide bonds. The number of nitrogens with zero attached hydrogens (tertiary/aromatic N) is 5. The van der Waals surface area contributed by atoms with Crippen molar-refractivity contribution >= 4 is 5.91 Å². The molecular weight excluding hydrogens is 258 g/mol. The summed E-state index contributed by atoms with van der Waals surface area (Å²) in [5, 5.41) is 3.94. The number of amides is 1. The number of aromatic nitrogens is 3. The van der Waals surface area contributed by atoms with Crippen LogP contribution in [-0.4, -0.2) is 63.3 Å². The molecule has 110 valence electrons. The van der Waals surface area contributed by atoms with Gasteiger partial charge in [0.2, 0.25) is 5.91 Å². The Morgan fingerprint density at radius 2 is 2.05 bits per heavy atom. The summed E-state index contributed by atoms with van der Waals surface area (Å²) in [7, 11) is 3.77. The molecule has 0 saturated carbocycles. The third-order valence-electron chi connectivity index (χ3n) is 4.59. The lowest BCUT2D eigenvalue weighted by Crippen LogP contribution is -2.37. The minimum atomic E-state index is -0.243. The fourth-order valence-corrected chi connectivity index (χ4v) is 3.40. The Kier molecular flexibility index (Phi) is 3.16. The van der Waals surface area contributed by atoms with Crippen LogP contribution in [0.2, 0.25) is 0 Å². The summed E-state index contributed by atoms with van der Waals surface area (Å²) >= 11 is 0. The lowest BCUT2D eigenvalue weighted by Gasteiger charge is -2.23. The van der Waals surface area contributed by atoms with Crippen LogP contribution in [0.5, 0.6) is 0 Å². The number of likely N-dealkylation sites (tertiary alicyclic amines) is 2. The minimum absolute atomic E-state index is 0.00257. The average molecular weight is 279 g/mol. The highest BCUT2D eigenvalue weighted by molar-refractivity contribution is 5.76. The van der Waals surface area contributed by atoms with Gasteiger partial charge in [0.1, 0.15) is 12.9 Å². The molecule has 3 heterocycles. The van der Waals surface area contributed by atoms with Crippen molar-refractivity contribution in [2.75, 3.05) is 33.2 Å². The second-order valence-electron chi connectivity index (χ2n) is 6.24. The maximum Gasteiger partial charge on any atom is 0.345 e. The second kappa shape index (κ2) is 4.73. The van der Waals surface area contributed by atoms with Gasteiger partial charge in [-0.25, -0.2) is 9.48 Å². The number of rotatable bonds is 2. The molecule has 2 aliphatic heterocycles. The van der Waals surface area contributed by atoms with Crippen molar-refractivity contribution in [2.45, 2.75) is 19.4 Å². The maximum absolute atomic E-state index is 12.3. The summed E-state index contributed by atoms with van der Waals surface area (Å²) in [6.07, 6.45) is 3.67. The second-order valence-corrected chi connectivity index (χ2v) is 6.24. The van der Waals surface area contributed by atoms with Crippen molar-refractivity contribution < 1.29 is 4.79 Å². The van der Waals surface area contributed by atoms with Crippen LogP contribution < -0.4 is 5.69 Å². The van der Waals surface area contributed by atoms with E-state index >= 15 is 0 Å². The lowest BCUT2D eigenvalue weighted by molar-refractivity contribution is -0.131. The first-order valence-electron chi connectivity index (χ1n) is 7.04. The topological polar surface area (TPSA) is 63.4 Å². The van der Waals surface area contributed by atoms with Gasteiger partial charge in [-0.15, -0.1) is 0 Å². The Morgan fingerprint density at radius 3 is 2.65 bits per heavy atom. The van der Waals surface area contributed by atoms with Gasteiger partial charge >= 0.3 is 5.69 Å². The molecule has 2 aliphatic rings. The quantitative estimate of drug-likeness (QED) is 0.706. The van der Waals surface area contributed by atoms with E-state index in [1.165, 1.54) is 15.6 Å². The summed E-state index contributed by atoms with van der Waals surface area (Å²) in [6.45, 7) is 3.85. The first-order chi connectivity index (χ1) is 9.49. The summed E-state index contributed by atoms with van der Waals surface area (Å²) in [4.78, 5) is 28.2. The van der Waals surface area contributed by atoms with Gasteiger partial charge in [-0.3, -0.25) is 9.36 Å². The summed E-state index contributed by atoms with van der Waals surface area (Å²) in [5.41, 5.74) is 0.0345. The SMILES string of the molecule is CN1CCC2(CCN(C(=O)Cn3ncn(C)c3=O)C2)C1. The Bertz CT molecular complexity index is 578. The largest absolute Gasteiger partial charge is 0.345 e. The Labute approximate surface area is 117 Å². The van der Waals surface area contributed by atoms with E-state index in [9.17, 15) is 9.59 Å². The van der Waals surface area contributed by atoms with Crippen LogP contribution in [0.25, 0.3) is 0 Å². The molecule has 2 saturated heterocycles. The van der Waals surface area contributed by atoms with Crippen molar-refractivity contribution in [3.05, 3.63) is 16.8 Å². The normalized spacial score (nSPS) is 26.8. The van der Waals surface area contributed by atoms with Crippen molar-refractivity contribution in [2.24, 2.45) is 12.5 Å². The van der Waals surface area contributed by atoms with Crippen LogP contribution in [0.15, 0.2) is 11.1 Å². The van der Waals surface area contributed by atoms with E-state index in [-0.39, 0.29) is 23.6 Å². The molecule has 1 aromatic heterocycles. The fraction of sp³-hybridized carbons (Fsp3) is 0.769. The third-order valence-corrected chi connectivity index (χ3v) is 4.59. The zero-order valence-corrected chi connectivity index (χ0v) is 12.1. The molecule has 7 nitrogen and oxygen atoms in total. The van der Waals surface area contributed by atoms with Crippen molar-refractivity contribution in [3.8, 4) is 0 Å². The van der Waals surface area contributed by atoms with E-state index in [0.717, 1.165) is 39.0 Å². The van der Waals surface area contributed by atoms with E-state index < -0.39 is 0 Å². The predicted octanol–water partition coefficient (Wildman–Crippen LogP) is -0.864. The van der Waals surface area contributed by atoms with Crippen LogP contribution in [0.1, 0.15) is 12.8 Å². The van der Waals surface area contributed by atoms with E-state index in [2.05, 4.69) is 17.0 Å². The fourth-order valence-electron chi connectivity index (χ4n) is 3.40. The molecule has 1 unspecified atom stereocenters. The Morgan fingerprint density at radius 1 is 1.30 bits per heavy atom. The molecule has 0 aliphatic carbocycles. The zero-order valence-electron chi connectivity index (χ0n) is 12.1. The Balaban J connectivity index is 1.65. The van der Waals surface area contributed by atoms with E-state index in [4.69, 9.17) is 0 Å². The van der Waals surface area contributed by atoms with Crippen molar-refractivity contribution in [1.29, 1.82) is 0 Å². The molecule has 3 rings (SSSR count). The van der Waals surface area contributed by atoms with Crippen molar-refractivity contribution in [1.82, 2.24) is 24.1 Å². The molecule has 1 aromatic rings. The van der Waals surface area contributed by atoms with E-state index in [0.29, 0.717) is 0 Å². The van der Waals surface area contributed by atoms with Crippen LogP contribution in [0, 0.1) is 5.41 Å². The molecule has 0 bridgehead atoms. The van der Waals surface area contributed by atoms with Gasteiger partial charge in [-0.2, -0.15) is 5.10 Å². The van der Waals surface area contributed by atoms with Gasteiger partial charge in [-0.05, 0) is 26.4 Å². The summed E-state index contributed by atoms with van der Waals surface area (Å²) in [5.74, 6) is -0.00257. The first kappa shape index (κ1) is 13.4. The monoisotopic (exact) mass is 279 g/mol. The highest BCUT2D eigenvalue weighted by Gasteiger charge is 2.43. The standard InChI is InChI=1S/C13H21N5O2/c1-15-5-3-13(8-15)4-6-17(9-13)11(19)7-18-12(20)16(2)10-14-18/h10H,3-9H2,1-2H3. The first-order valence-corrected chi connectivity index (χ1v) is 7.04. The smallest absolute Gasteiger partial charge is 0.340 e. The third kappa shape index (κ3) is 2.26. The number of carbonyl (C=O) groups excluding carboxylic acids is 1. The molecule has 20 heavy (non-hydrogen) atoms. The average Bonchev–Trinajstić information content (AvgIpc) is 3.07. The maximum atomic E-state index is 12.3. The van der Waals surface area contributed by atoms with Crippen LogP contribution >= 0.6 is 0 Å².